The van der Waals surface area contributed by atoms with Crippen molar-refractivity contribution in [2.45, 2.75) is 46.1 Å². The quantitative estimate of drug-likeness (QED) is 0.261. The minimum absolute atomic E-state index is 0.0800. The van der Waals surface area contributed by atoms with Gasteiger partial charge >= 0.3 is 0 Å². The van der Waals surface area contributed by atoms with Gasteiger partial charge in [-0.2, -0.15) is 0 Å². The van der Waals surface area contributed by atoms with Gasteiger partial charge in [-0.15, -0.1) is 0 Å². The normalized spacial score (nSPS) is 17.6. The van der Waals surface area contributed by atoms with E-state index in [1.807, 2.05) is 24.3 Å². The van der Waals surface area contributed by atoms with Crippen molar-refractivity contribution in [3.05, 3.63) is 69.8 Å². The molecule has 1 amide bonds. The lowest BCUT2D eigenvalue weighted by Gasteiger charge is -2.27. The topological polar surface area (TPSA) is 70.1 Å². The zero-order chi connectivity index (χ0) is 25.7. The molecular weight excluding hydrogens is 464 g/mol. The number of benzene rings is 2. The lowest BCUT2D eigenvalue weighted by Crippen LogP contribution is -2.33. The van der Waals surface area contributed by atoms with Gasteiger partial charge in [0.1, 0.15) is 11.5 Å². The number of Topliss-reactive ketones (excluding diaryl/α,β-unsaturated/α-hetero) is 1. The number of methoxy groups -OCH3 is 1. The Bertz CT molecular complexity index is 1090. The molecule has 0 saturated carbocycles. The van der Waals surface area contributed by atoms with E-state index >= 15 is 0 Å². The van der Waals surface area contributed by atoms with Crippen molar-refractivity contribution < 1.29 is 19.4 Å². The third kappa shape index (κ3) is 5.71. The molecule has 0 bridgehead atoms. The molecule has 1 aliphatic rings. The molecule has 1 saturated heterocycles. The van der Waals surface area contributed by atoms with Gasteiger partial charge in [-0.3, -0.25) is 9.59 Å². The first-order chi connectivity index (χ1) is 16.7. The number of carbonyl (C=O) groups excluding carboxylic acids is 2. The molecule has 6 nitrogen and oxygen atoms in total. The number of ketones is 1. The number of aliphatic hydroxyl groups excluding tert-OH is 1. The van der Waals surface area contributed by atoms with Gasteiger partial charge < -0.3 is 19.6 Å². The summed E-state index contributed by atoms with van der Waals surface area (Å²) in [6.07, 6.45) is 0.726. The molecule has 0 aliphatic carbocycles. The molecule has 2 aromatic rings. The molecule has 1 aliphatic heterocycles. The van der Waals surface area contributed by atoms with Gasteiger partial charge in [0.15, 0.2) is 0 Å². The van der Waals surface area contributed by atoms with Crippen LogP contribution in [0.1, 0.15) is 62.8 Å². The second-order valence-corrected chi connectivity index (χ2v) is 9.45. The summed E-state index contributed by atoms with van der Waals surface area (Å²) in [5, 5.41) is 11.6. The van der Waals surface area contributed by atoms with Crippen LogP contribution in [0.15, 0.2) is 48.0 Å². The largest absolute Gasteiger partial charge is 0.507 e. The van der Waals surface area contributed by atoms with Crippen LogP contribution in [-0.4, -0.2) is 59.9 Å². The lowest BCUT2D eigenvalue weighted by molar-refractivity contribution is -0.140. The maximum Gasteiger partial charge on any atom is 0.295 e. The molecule has 1 fully saturated rings. The molecule has 1 atom stereocenters. The van der Waals surface area contributed by atoms with Crippen LogP contribution in [0.25, 0.3) is 5.76 Å². The highest BCUT2D eigenvalue weighted by Crippen LogP contribution is 2.40. The number of hydrogen-bond acceptors (Lipinski definition) is 5. The standard InChI is InChI=1S/C28H35ClN2O4/c1-6-30(7-2)15-8-16-31-25(20-11-9-19(10-12-20)18(3)4)24(27(33)28(31)34)26(32)21-13-14-23(35-5)22(29)17-21/h9-14,17-18,25,32H,6-8,15-16H2,1-5H3/b26-24+/t25-/m1/s1. The van der Waals surface area contributed by atoms with Crippen LogP contribution in [0.3, 0.4) is 0 Å². The van der Waals surface area contributed by atoms with Gasteiger partial charge in [0.25, 0.3) is 11.7 Å². The van der Waals surface area contributed by atoms with Crippen LogP contribution >= 0.6 is 11.6 Å². The molecule has 3 rings (SSSR count). The molecule has 1 heterocycles. The molecule has 0 aromatic heterocycles. The number of ether oxygens (including phenoxy) is 1. The van der Waals surface area contributed by atoms with Gasteiger partial charge in [0, 0.05) is 12.1 Å². The monoisotopic (exact) mass is 498 g/mol. The number of amides is 1. The number of likely N-dealkylation sites (tertiary alicyclic amines) is 1. The SMILES string of the molecule is CCN(CC)CCCN1C(=O)C(=O)/C(=C(/O)c2ccc(OC)c(Cl)c2)[C@H]1c1ccc(C(C)C)cc1. The second kappa shape index (κ2) is 11.7. The Morgan fingerprint density at radius 1 is 1.11 bits per heavy atom. The number of hydrogen-bond donors (Lipinski definition) is 1. The molecular formula is C28H35ClN2O4. The van der Waals surface area contributed by atoms with Crippen LogP contribution in [0.5, 0.6) is 5.75 Å². The summed E-state index contributed by atoms with van der Waals surface area (Å²) in [4.78, 5) is 30.3. The van der Waals surface area contributed by atoms with Crippen molar-refractivity contribution in [3.63, 3.8) is 0 Å². The van der Waals surface area contributed by atoms with Crippen LogP contribution in [0.2, 0.25) is 5.02 Å². The Balaban J connectivity index is 2.06. The molecule has 0 unspecified atom stereocenters. The predicted molar refractivity (Wildman–Crippen MR) is 140 cm³/mol. The van der Waals surface area contributed by atoms with Crippen molar-refractivity contribution in [2.24, 2.45) is 0 Å². The smallest absolute Gasteiger partial charge is 0.295 e. The van der Waals surface area contributed by atoms with E-state index in [1.54, 1.807) is 23.1 Å². The van der Waals surface area contributed by atoms with Crippen LogP contribution in [0, 0.1) is 0 Å². The van der Waals surface area contributed by atoms with Gasteiger partial charge in [0.05, 0.1) is 23.7 Å². The minimum atomic E-state index is -0.685. The van der Waals surface area contributed by atoms with E-state index in [0.29, 0.717) is 28.8 Å². The fraction of sp³-hybridized carbons (Fsp3) is 0.429. The highest BCUT2D eigenvalue weighted by molar-refractivity contribution is 6.46. The summed E-state index contributed by atoms with van der Waals surface area (Å²) < 4.78 is 5.20. The Morgan fingerprint density at radius 3 is 2.31 bits per heavy atom. The van der Waals surface area contributed by atoms with E-state index in [9.17, 15) is 14.7 Å². The minimum Gasteiger partial charge on any atom is -0.507 e. The summed E-state index contributed by atoms with van der Waals surface area (Å²) in [6.45, 7) is 11.5. The van der Waals surface area contributed by atoms with Crippen LogP contribution in [-0.2, 0) is 9.59 Å². The first-order valence-electron chi connectivity index (χ1n) is 12.2. The van der Waals surface area contributed by atoms with Crippen molar-refractivity contribution >= 4 is 29.1 Å². The Kier molecular flexibility index (Phi) is 8.98. The predicted octanol–water partition coefficient (Wildman–Crippen LogP) is 5.63. The summed E-state index contributed by atoms with van der Waals surface area (Å²) in [6, 6.07) is 12.0. The summed E-state index contributed by atoms with van der Waals surface area (Å²) in [5.74, 6) is -0.706. The number of nitrogens with zero attached hydrogens (tertiary/aromatic N) is 2. The van der Waals surface area contributed by atoms with E-state index < -0.39 is 17.7 Å². The van der Waals surface area contributed by atoms with Gasteiger partial charge in [-0.05, 0) is 61.3 Å². The van der Waals surface area contributed by atoms with Crippen molar-refractivity contribution in [1.29, 1.82) is 0 Å². The Hall–Kier alpha value is -2.83. The van der Waals surface area contributed by atoms with Crippen LogP contribution in [0.4, 0.5) is 0 Å². The molecule has 2 aromatic carbocycles. The van der Waals surface area contributed by atoms with Crippen LogP contribution < -0.4 is 4.74 Å². The first-order valence-corrected chi connectivity index (χ1v) is 12.6. The fourth-order valence-electron chi connectivity index (χ4n) is 4.49. The van der Waals surface area contributed by atoms with Gasteiger partial charge in [0.2, 0.25) is 0 Å². The van der Waals surface area contributed by atoms with E-state index in [2.05, 4.69) is 32.6 Å². The van der Waals surface area contributed by atoms with E-state index in [0.717, 1.165) is 37.2 Å². The number of carbonyl (C=O) groups is 2. The summed E-state index contributed by atoms with van der Waals surface area (Å²) in [7, 11) is 1.51. The molecule has 0 radical (unpaired) electrons. The first kappa shape index (κ1) is 26.8. The Labute approximate surface area is 213 Å². The molecule has 35 heavy (non-hydrogen) atoms. The molecule has 7 heteroatoms. The maximum atomic E-state index is 13.2. The van der Waals surface area contributed by atoms with Crippen molar-refractivity contribution in [3.8, 4) is 5.75 Å². The van der Waals surface area contributed by atoms with E-state index in [1.165, 1.54) is 7.11 Å². The Morgan fingerprint density at radius 2 is 1.77 bits per heavy atom. The zero-order valence-corrected chi connectivity index (χ0v) is 21.9. The van der Waals surface area contributed by atoms with Crippen molar-refractivity contribution in [1.82, 2.24) is 9.80 Å². The second-order valence-electron chi connectivity index (χ2n) is 9.04. The molecule has 1 N–H and O–H groups in total. The number of rotatable bonds is 10. The highest BCUT2D eigenvalue weighted by Gasteiger charge is 2.45. The molecule has 0 spiro atoms. The summed E-state index contributed by atoms with van der Waals surface area (Å²) >= 11 is 6.27. The van der Waals surface area contributed by atoms with Gasteiger partial charge in [-0.1, -0.05) is 63.6 Å². The summed E-state index contributed by atoms with van der Waals surface area (Å²) in [5.41, 5.74) is 2.39. The maximum absolute atomic E-state index is 13.2. The third-order valence-corrected chi connectivity index (χ3v) is 6.95. The number of aliphatic hydroxyl groups is 1. The molecule has 188 valence electrons. The van der Waals surface area contributed by atoms with E-state index in [4.69, 9.17) is 16.3 Å². The average Bonchev–Trinajstić information content (AvgIpc) is 3.11. The lowest BCUT2D eigenvalue weighted by atomic mass is 9.93. The average molecular weight is 499 g/mol. The highest BCUT2D eigenvalue weighted by atomic mass is 35.5. The zero-order valence-electron chi connectivity index (χ0n) is 21.2. The number of halogens is 1. The van der Waals surface area contributed by atoms with E-state index in [-0.39, 0.29) is 11.3 Å². The van der Waals surface area contributed by atoms with Crippen molar-refractivity contribution in [2.75, 3.05) is 33.3 Å². The van der Waals surface area contributed by atoms with Gasteiger partial charge in [-0.25, -0.2) is 0 Å². The third-order valence-electron chi connectivity index (χ3n) is 6.65. The fourth-order valence-corrected chi connectivity index (χ4v) is 4.75.